The van der Waals surface area contributed by atoms with Crippen molar-refractivity contribution >= 4 is 40.7 Å². The van der Waals surface area contributed by atoms with Crippen molar-refractivity contribution in [1.82, 2.24) is 5.32 Å². The van der Waals surface area contributed by atoms with Crippen molar-refractivity contribution in [1.29, 1.82) is 0 Å². The van der Waals surface area contributed by atoms with E-state index >= 15 is 0 Å². The molecule has 104 valence electrons. The minimum Gasteiger partial charge on any atom is -0.387 e. The van der Waals surface area contributed by atoms with Gasteiger partial charge in [-0.25, -0.2) is 4.39 Å². The van der Waals surface area contributed by atoms with Gasteiger partial charge in [0.05, 0.1) is 17.0 Å². The fraction of sp³-hybridized carbons (Fsp3) is 0.417. The molecule has 1 aliphatic rings. The number of carbonyl (C=O) groups excluding carboxylic acids is 1. The summed E-state index contributed by atoms with van der Waals surface area (Å²) in [5.41, 5.74) is 0.334. The zero-order valence-corrected chi connectivity index (χ0v) is 11.9. The van der Waals surface area contributed by atoms with E-state index in [1.165, 1.54) is 12.1 Å². The van der Waals surface area contributed by atoms with Crippen molar-refractivity contribution in [2.24, 2.45) is 5.92 Å². The molecule has 0 saturated heterocycles. The van der Waals surface area contributed by atoms with Gasteiger partial charge in [0.1, 0.15) is 10.2 Å². The van der Waals surface area contributed by atoms with Crippen LogP contribution in [0.15, 0.2) is 18.2 Å². The maximum absolute atomic E-state index is 13.2. The van der Waals surface area contributed by atoms with Gasteiger partial charge in [-0.05, 0) is 24.1 Å². The predicted octanol–water partition coefficient (Wildman–Crippen LogP) is 2.82. The maximum Gasteiger partial charge on any atom is 0.226 e. The zero-order chi connectivity index (χ0) is 14.2. The van der Waals surface area contributed by atoms with Crippen LogP contribution in [-0.2, 0) is 4.79 Å². The molecule has 0 aliphatic heterocycles. The Hall–Kier alpha value is -0.550. The summed E-state index contributed by atoms with van der Waals surface area (Å²) in [5.74, 6) is -1.39. The summed E-state index contributed by atoms with van der Waals surface area (Å²) in [4.78, 5) is 11.6. The summed E-state index contributed by atoms with van der Waals surface area (Å²) >= 11 is 17.0. The number of benzene rings is 1. The molecule has 0 spiro atoms. The lowest BCUT2D eigenvalue weighted by molar-refractivity contribution is -0.122. The molecule has 2 unspecified atom stereocenters. The average Bonchev–Trinajstić information content (AvgIpc) is 2.98. The quantitative estimate of drug-likeness (QED) is 0.836. The number of aliphatic hydroxyl groups excluding tert-OH is 1. The molecular formula is C12H11Cl3FNO2. The second-order valence-corrected chi connectivity index (χ2v) is 6.40. The molecule has 3 nitrogen and oxygen atoms in total. The van der Waals surface area contributed by atoms with Crippen LogP contribution in [0, 0.1) is 11.7 Å². The Balaban J connectivity index is 1.89. The molecule has 1 aliphatic carbocycles. The third-order valence-electron chi connectivity index (χ3n) is 2.94. The van der Waals surface area contributed by atoms with Crippen LogP contribution in [0.4, 0.5) is 4.39 Å². The normalized spacial score (nSPS) is 21.8. The summed E-state index contributed by atoms with van der Waals surface area (Å²) in [7, 11) is 0. The van der Waals surface area contributed by atoms with E-state index in [9.17, 15) is 14.3 Å². The van der Waals surface area contributed by atoms with E-state index in [1.807, 2.05) is 0 Å². The van der Waals surface area contributed by atoms with Crippen molar-refractivity contribution in [2.45, 2.75) is 16.9 Å². The van der Waals surface area contributed by atoms with Gasteiger partial charge in [0.2, 0.25) is 5.91 Å². The number of halogens is 4. The van der Waals surface area contributed by atoms with Crippen LogP contribution in [0.2, 0.25) is 5.02 Å². The molecule has 0 heterocycles. The monoisotopic (exact) mass is 325 g/mol. The van der Waals surface area contributed by atoms with Crippen molar-refractivity contribution < 1.29 is 14.3 Å². The number of hydrogen-bond acceptors (Lipinski definition) is 2. The van der Waals surface area contributed by atoms with Crippen LogP contribution >= 0.6 is 34.8 Å². The van der Waals surface area contributed by atoms with Crippen molar-refractivity contribution in [3.8, 4) is 0 Å². The third kappa shape index (κ3) is 3.51. The van der Waals surface area contributed by atoms with E-state index in [0.717, 1.165) is 6.07 Å². The highest BCUT2D eigenvalue weighted by atomic mass is 35.5. The highest BCUT2D eigenvalue weighted by molar-refractivity contribution is 6.52. The first kappa shape index (κ1) is 14.9. The van der Waals surface area contributed by atoms with Gasteiger partial charge in [-0.3, -0.25) is 4.79 Å². The molecule has 19 heavy (non-hydrogen) atoms. The van der Waals surface area contributed by atoms with Gasteiger partial charge in [-0.15, -0.1) is 23.2 Å². The number of amides is 1. The molecule has 0 bridgehead atoms. The van der Waals surface area contributed by atoms with E-state index in [4.69, 9.17) is 34.8 Å². The molecular weight excluding hydrogens is 315 g/mol. The zero-order valence-electron chi connectivity index (χ0n) is 9.67. The molecule has 7 heteroatoms. The SMILES string of the molecule is O=C(NCC(O)c1ccc(Cl)c(F)c1)C1CC1(Cl)Cl. The summed E-state index contributed by atoms with van der Waals surface area (Å²) in [6, 6.07) is 3.97. The number of nitrogens with one attached hydrogen (secondary N) is 1. The number of alkyl halides is 2. The van der Waals surface area contributed by atoms with Gasteiger partial charge in [0.25, 0.3) is 0 Å². The Morgan fingerprint density at radius 3 is 2.74 bits per heavy atom. The Morgan fingerprint density at radius 1 is 1.58 bits per heavy atom. The molecule has 1 fully saturated rings. The van der Waals surface area contributed by atoms with Crippen LogP contribution in [0.3, 0.4) is 0 Å². The van der Waals surface area contributed by atoms with Crippen LogP contribution in [0.1, 0.15) is 18.1 Å². The number of hydrogen-bond donors (Lipinski definition) is 2. The Kier molecular flexibility index (Phi) is 4.26. The van der Waals surface area contributed by atoms with E-state index in [-0.39, 0.29) is 17.5 Å². The van der Waals surface area contributed by atoms with Gasteiger partial charge >= 0.3 is 0 Å². The average molecular weight is 327 g/mol. The van der Waals surface area contributed by atoms with E-state index in [0.29, 0.717) is 12.0 Å². The lowest BCUT2D eigenvalue weighted by Crippen LogP contribution is -2.30. The number of aliphatic hydroxyl groups is 1. The van der Waals surface area contributed by atoms with Crippen LogP contribution in [0.25, 0.3) is 0 Å². The van der Waals surface area contributed by atoms with Gasteiger partial charge in [0, 0.05) is 6.54 Å². The fourth-order valence-electron chi connectivity index (χ4n) is 1.66. The lowest BCUT2D eigenvalue weighted by atomic mass is 10.1. The molecule has 2 atom stereocenters. The number of carbonyl (C=O) groups is 1. The van der Waals surface area contributed by atoms with Crippen molar-refractivity contribution in [3.63, 3.8) is 0 Å². The van der Waals surface area contributed by atoms with Crippen LogP contribution in [0.5, 0.6) is 0 Å². The molecule has 2 rings (SSSR count). The maximum atomic E-state index is 13.2. The molecule has 1 saturated carbocycles. The first-order valence-electron chi connectivity index (χ1n) is 5.60. The highest BCUT2D eigenvalue weighted by Gasteiger charge is 2.56. The second kappa shape index (κ2) is 5.44. The molecule has 0 radical (unpaired) electrons. The van der Waals surface area contributed by atoms with Crippen molar-refractivity contribution in [3.05, 3.63) is 34.6 Å². The Bertz CT molecular complexity index is 510. The first-order chi connectivity index (χ1) is 8.81. The summed E-state index contributed by atoms with van der Waals surface area (Å²) in [6.07, 6.45) is -0.623. The minimum atomic E-state index is -1.02. The molecule has 2 N–H and O–H groups in total. The molecule has 0 aromatic heterocycles. The first-order valence-corrected chi connectivity index (χ1v) is 6.73. The van der Waals surface area contributed by atoms with E-state index < -0.39 is 22.2 Å². The minimum absolute atomic E-state index is 0.0213. The van der Waals surface area contributed by atoms with Gasteiger partial charge in [0.15, 0.2) is 0 Å². The smallest absolute Gasteiger partial charge is 0.226 e. The van der Waals surface area contributed by atoms with Gasteiger partial charge in [-0.1, -0.05) is 17.7 Å². The standard InChI is InChI=1S/C12H11Cl3FNO2/c13-8-2-1-6(3-9(8)16)10(18)5-17-11(19)7-4-12(7,14)15/h1-3,7,10,18H,4-5H2,(H,17,19). The molecule has 1 aromatic rings. The highest BCUT2D eigenvalue weighted by Crippen LogP contribution is 2.53. The second-order valence-electron chi connectivity index (χ2n) is 4.45. The fourth-order valence-corrected chi connectivity index (χ4v) is 2.28. The van der Waals surface area contributed by atoms with Gasteiger partial charge in [-0.2, -0.15) is 0 Å². The van der Waals surface area contributed by atoms with Crippen LogP contribution < -0.4 is 5.32 Å². The molecule has 1 aromatic carbocycles. The van der Waals surface area contributed by atoms with E-state index in [2.05, 4.69) is 5.32 Å². The summed E-state index contributed by atoms with van der Waals surface area (Å²) < 4.78 is 12.2. The largest absolute Gasteiger partial charge is 0.387 e. The predicted molar refractivity (Wildman–Crippen MR) is 71.9 cm³/mol. The summed E-state index contributed by atoms with van der Waals surface area (Å²) in [5, 5.41) is 12.3. The van der Waals surface area contributed by atoms with Crippen LogP contribution in [-0.4, -0.2) is 21.9 Å². The lowest BCUT2D eigenvalue weighted by Gasteiger charge is -2.12. The summed E-state index contributed by atoms with van der Waals surface area (Å²) in [6.45, 7) is -0.0414. The van der Waals surface area contributed by atoms with Crippen molar-refractivity contribution in [2.75, 3.05) is 6.54 Å². The van der Waals surface area contributed by atoms with Gasteiger partial charge < -0.3 is 10.4 Å². The molecule has 1 amide bonds. The van der Waals surface area contributed by atoms with E-state index in [1.54, 1.807) is 0 Å². The number of rotatable bonds is 4. The Labute approximate surface area is 124 Å². The third-order valence-corrected chi connectivity index (χ3v) is 4.08. The topological polar surface area (TPSA) is 49.3 Å². The Morgan fingerprint density at radius 2 is 2.21 bits per heavy atom.